The molecule has 0 aliphatic rings. The van der Waals surface area contributed by atoms with Crippen LogP contribution in [0, 0.1) is 11.6 Å². The van der Waals surface area contributed by atoms with Crippen LogP contribution in [0.25, 0.3) is 0 Å². The van der Waals surface area contributed by atoms with Crippen molar-refractivity contribution in [2.75, 3.05) is 0 Å². The number of halogens is 3. The monoisotopic (exact) mass is 302 g/mol. The number of benzene rings is 1. The summed E-state index contributed by atoms with van der Waals surface area (Å²) in [6.07, 6.45) is 0. The number of rotatable bonds is 2. The Balaban J connectivity index is 2.45. The molecule has 16 heavy (non-hydrogen) atoms. The third-order valence-corrected chi connectivity index (χ3v) is 3.59. The number of carbonyl (C=O) groups excluding carboxylic acids is 1. The first-order chi connectivity index (χ1) is 7.58. The second-order valence-corrected chi connectivity index (χ2v) is 5.52. The summed E-state index contributed by atoms with van der Waals surface area (Å²) in [5, 5.41) is 0. The average molecular weight is 303 g/mol. The van der Waals surface area contributed by atoms with Crippen LogP contribution >= 0.6 is 27.3 Å². The molecule has 0 radical (unpaired) electrons. The fraction of sp³-hybridized carbons (Fsp3) is 0. The molecular formula is C11H5BrF2OS. The van der Waals surface area contributed by atoms with Crippen LogP contribution in [0.4, 0.5) is 8.78 Å². The summed E-state index contributed by atoms with van der Waals surface area (Å²) in [7, 11) is 0. The second-order valence-electron chi connectivity index (χ2n) is 3.06. The molecule has 0 bridgehead atoms. The minimum atomic E-state index is -0.712. The van der Waals surface area contributed by atoms with E-state index in [1.807, 2.05) is 0 Å². The Morgan fingerprint density at radius 3 is 2.56 bits per heavy atom. The molecule has 1 nitrogen and oxygen atoms in total. The molecule has 0 saturated heterocycles. The first-order valence-corrected chi connectivity index (χ1v) is 5.94. The zero-order valence-electron chi connectivity index (χ0n) is 7.84. The van der Waals surface area contributed by atoms with E-state index in [9.17, 15) is 13.6 Å². The van der Waals surface area contributed by atoms with E-state index in [1.54, 1.807) is 12.1 Å². The van der Waals surface area contributed by atoms with Crippen molar-refractivity contribution < 1.29 is 13.6 Å². The van der Waals surface area contributed by atoms with Crippen molar-refractivity contribution in [3.8, 4) is 0 Å². The van der Waals surface area contributed by atoms with Crippen LogP contribution in [-0.4, -0.2) is 5.78 Å². The highest BCUT2D eigenvalue weighted by molar-refractivity contribution is 9.11. The van der Waals surface area contributed by atoms with Gasteiger partial charge in [-0.1, -0.05) is 0 Å². The number of hydrogen-bond donors (Lipinski definition) is 0. The van der Waals surface area contributed by atoms with Crippen molar-refractivity contribution in [2.45, 2.75) is 0 Å². The molecule has 0 unspecified atom stereocenters. The summed E-state index contributed by atoms with van der Waals surface area (Å²) in [6, 6.07) is 6.10. The summed E-state index contributed by atoms with van der Waals surface area (Å²) in [5.41, 5.74) is -0.241. The van der Waals surface area contributed by atoms with Gasteiger partial charge in [-0.15, -0.1) is 11.3 Å². The van der Waals surface area contributed by atoms with Crippen LogP contribution in [0.5, 0.6) is 0 Å². The van der Waals surface area contributed by atoms with Gasteiger partial charge in [0.15, 0.2) is 0 Å². The van der Waals surface area contributed by atoms with E-state index in [1.165, 1.54) is 11.3 Å². The van der Waals surface area contributed by atoms with E-state index >= 15 is 0 Å². The predicted molar refractivity (Wildman–Crippen MR) is 61.8 cm³/mol. The Bertz CT molecular complexity index is 551. The maximum absolute atomic E-state index is 13.3. The lowest BCUT2D eigenvalue weighted by Crippen LogP contribution is -2.02. The van der Waals surface area contributed by atoms with Crippen LogP contribution in [0.15, 0.2) is 34.1 Å². The molecule has 1 aromatic carbocycles. The summed E-state index contributed by atoms with van der Waals surface area (Å²) < 4.78 is 27.0. The summed E-state index contributed by atoms with van der Waals surface area (Å²) >= 11 is 4.39. The zero-order valence-corrected chi connectivity index (χ0v) is 10.2. The summed E-state index contributed by atoms with van der Waals surface area (Å²) in [4.78, 5) is 12.2. The third-order valence-electron chi connectivity index (χ3n) is 1.97. The maximum Gasteiger partial charge on any atom is 0.206 e. The van der Waals surface area contributed by atoms with Gasteiger partial charge in [0.1, 0.15) is 11.6 Å². The van der Waals surface area contributed by atoms with E-state index in [0.717, 1.165) is 22.0 Å². The van der Waals surface area contributed by atoms with Gasteiger partial charge in [0.2, 0.25) is 5.78 Å². The van der Waals surface area contributed by atoms with Gasteiger partial charge in [0.05, 0.1) is 14.2 Å². The fourth-order valence-corrected chi connectivity index (χ4v) is 2.58. The van der Waals surface area contributed by atoms with Crippen molar-refractivity contribution in [1.82, 2.24) is 0 Å². The van der Waals surface area contributed by atoms with E-state index < -0.39 is 17.4 Å². The van der Waals surface area contributed by atoms with Crippen LogP contribution < -0.4 is 0 Å². The Kier molecular flexibility index (Phi) is 3.16. The lowest BCUT2D eigenvalue weighted by atomic mass is 10.1. The molecule has 0 fully saturated rings. The lowest BCUT2D eigenvalue weighted by Gasteiger charge is -2.00. The SMILES string of the molecule is O=C(c1ccc(Br)s1)c1cc(F)ccc1F. The number of carbonyl (C=O) groups is 1. The Labute approximate surface area is 103 Å². The average Bonchev–Trinajstić information content (AvgIpc) is 2.67. The fourth-order valence-electron chi connectivity index (χ4n) is 1.24. The molecule has 2 aromatic rings. The van der Waals surface area contributed by atoms with Crippen molar-refractivity contribution in [3.63, 3.8) is 0 Å². The van der Waals surface area contributed by atoms with Crippen molar-refractivity contribution in [1.29, 1.82) is 0 Å². The highest BCUT2D eigenvalue weighted by Gasteiger charge is 2.16. The van der Waals surface area contributed by atoms with Crippen LogP contribution in [0.1, 0.15) is 15.2 Å². The molecule has 1 heterocycles. The molecule has 0 saturated carbocycles. The molecule has 0 amide bonds. The molecule has 0 spiro atoms. The molecule has 2 rings (SSSR count). The lowest BCUT2D eigenvalue weighted by molar-refractivity contribution is 0.103. The Hall–Kier alpha value is -1.07. The Morgan fingerprint density at radius 1 is 1.19 bits per heavy atom. The van der Waals surface area contributed by atoms with E-state index in [2.05, 4.69) is 15.9 Å². The standard InChI is InChI=1S/C11H5BrF2OS/c12-10-4-3-9(16-10)11(15)7-5-6(13)1-2-8(7)14/h1-5H. The molecule has 0 atom stereocenters. The quantitative estimate of drug-likeness (QED) is 0.766. The minimum absolute atomic E-state index is 0.241. The Morgan fingerprint density at radius 2 is 1.94 bits per heavy atom. The largest absolute Gasteiger partial charge is 0.288 e. The van der Waals surface area contributed by atoms with Crippen molar-refractivity contribution >= 4 is 33.0 Å². The molecule has 5 heteroatoms. The number of thiophene rings is 1. The van der Waals surface area contributed by atoms with Gasteiger partial charge in [-0.25, -0.2) is 8.78 Å². The number of ketones is 1. The highest BCUT2D eigenvalue weighted by atomic mass is 79.9. The van der Waals surface area contributed by atoms with E-state index in [-0.39, 0.29) is 5.56 Å². The zero-order chi connectivity index (χ0) is 11.7. The topological polar surface area (TPSA) is 17.1 Å². The van der Waals surface area contributed by atoms with Gasteiger partial charge in [0.25, 0.3) is 0 Å². The summed E-state index contributed by atoms with van der Waals surface area (Å²) in [5.74, 6) is -1.84. The molecule has 0 aliphatic heterocycles. The van der Waals surface area contributed by atoms with Crippen LogP contribution in [0.2, 0.25) is 0 Å². The van der Waals surface area contributed by atoms with Gasteiger partial charge in [-0.3, -0.25) is 4.79 Å². The maximum atomic E-state index is 13.3. The minimum Gasteiger partial charge on any atom is -0.288 e. The van der Waals surface area contributed by atoms with Crippen molar-refractivity contribution in [3.05, 3.63) is 56.2 Å². The summed E-state index contributed by atoms with van der Waals surface area (Å²) in [6.45, 7) is 0. The van der Waals surface area contributed by atoms with Crippen molar-refractivity contribution in [2.24, 2.45) is 0 Å². The molecule has 0 N–H and O–H groups in total. The molecule has 0 aliphatic carbocycles. The highest BCUT2D eigenvalue weighted by Crippen LogP contribution is 2.25. The first-order valence-electron chi connectivity index (χ1n) is 4.33. The van der Waals surface area contributed by atoms with Gasteiger partial charge in [-0.2, -0.15) is 0 Å². The predicted octanol–water partition coefficient (Wildman–Crippen LogP) is 4.02. The molecule has 1 aromatic heterocycles. The molecule has 82 valence electrons. The van der Waals surface area contributed by atoms with Gasteiger partial charge >= 0.3 is 0 Å². The van der Waals surface area contributed by atoms with Crippen LogP contribution in [-0.2, 0) is 0 Å². The first kappa shape index (κ1) is 11.4. The second kappa shape index (κ2) is 4.43. The molecular weight excluding hydrogens is 298 g/mol. The van der Waals surface area contributed by atoms with E-state index in [4.69, 9.17) is 0 Å². The van der Waals surface area contributed by atoms with Gasteiger partial charge in [0, 0.05) is 0 Å². The normalized spacial score (nSPS) is 10.4. The van der Waals surface area contributed by atoms with Gasteiger partial charge < -0.3 is 0 Å². The third kappa shape index (κ3) is 2.20. The van der Waals surface area contributed by atoms with Crippen LogP contribution in [0.3, 0.4) is 0 Å². The van der Waals surface area contributed by atoms with Gasteiger partial charge in [-0.05, 0) is 46.3 Å². The van der Waals surface area contributed by atoms with E-state index in [0.29, 0.717) is 4.88 Å². The number of hydrogen-bond acceptors (Lipinski definition) is 2. The smallest absolute Gasteiger partial charge is 0.206 e.